The number of hydrogen-bond donors (Lipinski definition) is 1. The van der Waals surface area contributed by atoms with Crippen LogP contribution in [0.3, 0.4) is 0 Å². The van der Waals surface area contributed by atoms with Crippen molar-refractivity contribution in [2.45, 2.75) is 13.0 Å². The number of aliphatic carboxylic acids is 1. The molecule has 2 rings (SSSR count). The average Bonchev–Trinajstić information content (AvgIpc) is 2.44. The summed E-state index contributed by atoms with van der Waals surface area (Å²) in [6.45, 7) is 1.65. The van der Waals surface area contributed by atoms with Gasteiger partial charge in [-0.15, -0.1) is 0 Å². The molecule has 5 nitrogen and oxygen atoms in total. The number of hydrogen-bond acceptors (Lipinski definition) is 4. The molecule has 19 heavy (non-hydrogen) atoms. The number of nitrogens with zero attached hydrogens (tertiary/aromatic N) is 2. The van der Waals surface area contributed by atoms with Crippen molar-refractivity contribution in [2.24, 2.45) is 0 Å². The number of para-hydroxylation sites is 1. The second-order valence-electron chi connectivity index (χ2n) is 4.31. The van der Waals surface area contributed by atoms with Crippen molar-refractivity contribution in [1.82, 2.24) is 4.98 Å². The molecule has 1 aromatic carbocycles. The van der Waals surface area contributed by atoms with E-state index < -0.39 is 12.0 Å². The van der Waals surface area contributed by atoms with Crippen molar-refractivity contribution in [3.8, 4) is 5.75 Å². The maximum absolute atomic E-state index is 11.1. The predicted octanol–water partition coefficient (Wildman–Crippen LogP) is 2.15. The number of carboxylic acids is 1. The van der Waals surface area contributed by atoms with Gasteiger partial charge in [0.1, 0.15) is 17.3 Å². The van der Waals surface area contributed by atoms with Gasteiger partial charge in [-0.05, 0) is 19.1 Å². The number of carbonyl (C=O) groups is 1. The van der Waals surface area contributed by atoms with Crippen LogP contribution in [0, 0.1) is 0 Å². The number of ether oxygens (including phenoxy) is 1. The van der Waals surface area contributed by atoms with Gasteiger partial charge in [-0.3, -0.25) is 4.98 Å². The Kier molecular flexibility index (Phi) is 3.55. The van der Waals surface area contributed by atoms with Crippen molar-refractivity contribution < 1.29 is 14.6 Å². The first-order chi connectivity index (χ1) is 9.06. The Labute approximate surface area is 111 Å². The molecule has 1 aromatic heterocycles. The number of rotatable bonds is 4. The molecular weight excluding hydrogens is 244 g/mol. The van der Waals surface area contributed by atoms with Crippen molar-refractivity contribution >= 4 is 22.6 Å². The van der Waals surface area contributed by atoms with Crippen LogP contribution in [0.4, 0.5) is 5.69 Å². The zero-order chi connectivity index (χ0) is 14.0. The molecule has 1 heterocycles. The summed E-state index contributed by atoms with van der Waals surface area (Å²) in [5.41, 5.74) is 1.55. The zero-order valence-electron chi connectivity index (χ0n) is 11.1. The molecule has 1 N–H and O–H groups in total. The molecule has 1 atom stereocenters. The third-order valence-corrected chi connectivity index (χ3v) is 3.25. The van der Waals surface area contributed by atoms with Crippen LogP contribution in [0.2, 0.25) is 0 Å². The maximum atomic E-state index is 11.1. The standard InChI is InChI=1S/C14H16N2O3/c1-9(14(17)18)16(2)11-7-8-15-13-10(11)5-4-6-12(13)19-3/h4-9H,1-3H3,(H,17,18). The van der Waals surface area contributed by atoms with Crippen molar-refractivity contribution in [3.05, 3.63) is 30.5 Å². The summed E-state index contributed by atoms with van der Waals surface area (Å²) in [5, 5.41) is 9.98. The Morgan fingerprint density at radius 1 is 1.42 bits per heavy atom. The van der Waals surface area contributed by atoms with Crippen LogP contribution in [0.5, 0.6) is 5.75 Å². The molecule has 0 bridgehead atoms. The second-order valence-corrected chi connectivity index (χ2v) is 4.31. The van der Waals surface area contributed by atoms with Gasteiger partial charge in [0.25, 0.3) is 0 Å². The lowest BCUT2D eigenvalue weighted by Gasteiger charge is -2.25. The van der Waals surface area contributed by atoms with Crippen LogP contribution in [-0.4, -0.2) is 36.3 Å². The largest absolute Gasteiger partial charge is 0.494 e. The maximum Gasteiger partial charge on any atom is 0.326 e. The summed E-state index contributed by atoms with van der Waals surface area (Å²) in [5.74, 6) is -0.189. The highest BCUT2D eigenvalue weighted by Gasteiger charge is 2.19. The molecule has 100 valence electrons. The van der Waals surface area contributed by atoms with Gasteiger partial charge in [-0.2, -0.15) is 0 Å². The first kappa shape index (κ1) is 13.1. The molecule has 0 aliphatic carbocycles. The highest BCUT2D eigenvalue weighted by molar-refractivity contribution is 5.96. The molecule has 2 aromatic rings. The molecular formula is C14H16N2O3. The van der Waals surface area contributed by atoms with Crippen LogP contribution in [0.15, 0.2) is 30.5 Å². The Hall–Kier alpha value is -2.30. The van der Waals surface area contributed by atoms with Gasteiger partial charge in [-0.25, -0.2) is 4.79 Å². The molecule has 0 aliphatic rings. The van der Waals surface area contributed by atoms with Gasteiger partial charge in [0.2, 0.25) is 0 Å². The minimum Gasteiger partial charge on any atom is -0.494 e. The highest BCUT2D eigenvalue weighted by Crippen LogP contribution is 2.31. The van der Waals surface area contributed by atoms with Gasteiger partial charge in [-0.1, -0.05) is 12.1 Å². The number of anilines is 1. The summed E-state index contributed by atoms with van der Waals surface area (Å²) in [6.07, 6.45) is 1.66. The van der Waals surface area contributed by atoms with Crippen LogP contribution in [0.1, 0.15) is 6.92 Å². The average molecular weight is 260 g/mol. The van der Waals surface area contributed by atoms with Crippen LogP contribution in [-0.2, 0) is 4.79 Å². The first-order valence-electron chi connectivity index (χ1n) is 5.93. The van der Waals surface area contributed by atoms with E-state index in [1.807, 2.05) is 18.2 Å². The van der Waals surface area contributed by atoms with E-state index in [2.05, 4.69) is 4.98 Å². The van der Waals surface area contributed by atoms with Gasteiger partial charge < -0.3 is 14.7 Å². The Balaban J connectivity index is 2.58. The van der Waals surface area contributed by atoms with E-state index in [1.54, 1.807) is 38.2 Å². The number of carboxylic acid groups (broad SMARTS) is 1. The number of methoxy groups -OCH3 is 1. The third-order valence-electron chi connectivity index (χ3n) is 3.25. The SMILES string of the molecule is COc1cccc2c(N(C)C(C)C(=O)O)ccnc12. The molecule has 0 saturated carbocycles. The number of fused-ring (bicyclic) bond motifs is 1. The minimum absolute atomic E-state index is 0.614. The monoisotopic (exact) mass is 260 g/mol. The number of pyridine rings is 1. The van der Waals surface area contributed by atoms with Gasteiger partial charge in [0.05, 0.1) is 7.11 Å². The van der Waals surface area contributed by atoms with E-state index >= 15 is 0 Å². The van der Waals surface area contributed by atoms with Gasteiger partial charge >= 0.3 is 5.97 Å². The molecule has 5 heteroatoms. The van der Waals surface area contributed by atoms with E-state index in [1.165, 1.54) is 0 Å². The van der Waals surface area contributed by atoms with Crippen molar-refractivity contribution in [2.75, 3.05) is 19.1 Å². The molecule has 0 saturated heterocycles. The fraction of sp³-hybridized carbons (Fsp3) is 0.286. The fourth-order valence-corrected chi connectivity index (χ4v) is 1.98. The molecule has 0 spiro atoms. The Morgan fingerprint density at radius 2 is 2.16 bits per heavy atom. The van der Waals surface area contributed by atoms with Gasteiger partial charge in [0, 0.05) is 24.3 Å². The lowest BCUT2D eigenvalue weighted by atomic mass is 10.1. The zero-order valence-corrected chi connectivity index (χ0v) is 11.1. The normalized spacial score (nSPS) is 12.2. The van der Waals surface area contributed by atoms with Crippen LogP contribution in [0.25, 0.3) is 10.9 Å². The predicted molar refractivity (Wildman–Crippen MR) is 73.8 cm³/mol. The number of benzene rings is 1. The van der Waals surface area contributed by atoms with E-state index in [0.29, 0.717) is 5.75 Å². The smallest absolute Gasteiger partial charge is 0.326 e. The minimum atomic E-state index is -0.865. The third kappa shape index (κ3) is 2.31. The molecule has 0 radical (unpaired) electrons. The van der Waals surface area contributed by atoms with Gasteiger partial charge in [0.15, 0.2) is 0 Å². The summed E-state index contributed by atoms with van der Waals surface area (Å²) in [7, 11) is 3.35. The molecule has 0 amide bonds. The van der Waals surface area contributed by atoms with E-state index in [-0.39, 0.29) is 0 Å². The summed E-state index contributed by atoms with van der Waals surface area (Å²) in [4.78, 5) is 17.1. The fourth-order valence-electron chi connectivity index (χ4n) is 1.98. The first-order valence-corrected chi connectivity index (χ1v) is 5.93. The van der Waals surface area contributed by atoms with Crippen molar-refractivity contribution in [1.29, 1.82) is 0 Å². The van der Waals surface area contributed by atoms with Crippen LogP contribution < -0.4 is 9.64 Å². The van der Waals surface area contributed by atoms with Crippen molar-refractivity contribution in [3.63, 3.8) is 0 Å². The molecule has 0 aliphatic heterocycles. The summed E-state index contributed by atoms with van der Waals surface area (Å²) < 4.78 is 5.27. The molecule has 0 fully saturated rings. The highest BCUT2D eigenvalue weighted by atomic mass is 16.5. The van der Waals surface area contributed by atoms with E-state index in [0.717, 1.165) is 16.6 Å². The Bertz CT molecular complexity index is 613. The van der Waals surface area contributed by atoms with E-state index in [9.17, 15) is 4.79 Å². The lowest BCUT2D eigenvalue weighted by Crippen LogP contribution is -2.35. The summed E-state index contributed by atoms with van der Waals surface area (Å²) in [6, 6.07) is 6.80. The Morgan fingerprint density at radius 3 is 2.79 bits per heavy atom. The second kappa shape index (κ2) is 5.14. The quantitative estimate of drug-likeness (QED) is 0.912. The van der Waals surface area contributed by atoms with E-state index in [4.69, 9.17) is 9.84 Å². The summed E-state index contributed by atoms with van der Waals surface area (Å²) >= 11 is 0. The number of likely N-dealkylation sites (N-methyl/N-ethyl adjacent to an activating group) is 1. The number of aromatic nitrogens is 1. The molecule has 1 unspecified atom stereocenters. The lowest BCUT2D eigenvalue weighted by molar-refractivity contribution is -0.138. The van der Waals surface area contributed by atoms with Crippen LogP contribution >= 0.6 is 0 Å². The topological polar surface area (TPSA) is 62.7 Å².